The number of nitrogens with one attached hydrogen (secondary N) is 1. The van der Waals surface area contributed by atoms with Gasteiger partial charge in [-0.15, -0.1) is 11.3 Å². The molecule has 0 aliphatic carbocycles. The molecular formula is C13H20N2OS. The Balaban J connectivity index is 2.08. The molecule has 3 nitrogen and oxygen atoms in total. The number of aryl methyl sites for hydroxylation is 1. The van der Waals surface area contributed by atoms with E-state index in [-0.39, 0.29) is 5.91 Å². The smallest absolute Gasteiger partial charge is 0.264 e. The molecule has 1 atom stereocenters. The van der Waals surface area contributed by atoms with Crippen molar-refractivity contribution < 1.29 is 4.79 Å². The van der Waals surface area contributed by atoms with Crippen LogP contribution in [0, 0.1) is 0 Å². The summed E-state index contributed by atoms with van der Waals surface area (Å²) in [6.07, 6.45) is 3.26. The summed E-state index contributed by atoms with van der Waals surface area (Å²) in [6.45, 7) is 3.93. The van der Waals surface area contributed by atoms with Gasteiger partial charge >= 0.3 is 0 Å². The second kappa shape index (κ2) is 5.65. The van der Waals surface area contributed by atoms with Crippen molar-refractivity contribution in [1.29, 1.82) is 0 Å². The third-order valence-electron chi connectivity index (χ3n) is 3.30. The van der Waals surface area contributed by atoms with Gasteiger partial charge in [0, 0.05) is 24.0 Å². The van der Waals surface area contributed by atoms with Crippen molar-refractivity contribution in [2.75, 3.05) is 20.1 Å². The van der Waals surface area contributed by atoms with Crippen molar-refractivity contribution in [1.82, 2.24) is 10.2 Å². The Hall–Kier alpha value is -0.870. The lowest BCUT2D eigenvalue weighted by Gasteiger charge is -2.23. The van der Waals surface area contributed by atoms with Crippen molar-refractivity contribution in [3.8, 4) is 0 Å². The summed E-state index contributed by atoms with van der Waals surface area (Å²) >= 11 is 1.64. The highest BCUT2D eigenvalue weighted by Gasteiger charge is 2.29. The number of amides is 1. The summed E-state index contributed by atoms with van der Waals surface area (Å²) < 4.78 is 0. The molecule has 1 aromatic heterocycles. The molecule has 1 aromatic rings. The molecule has 1 aliphatic heterocycles. The van der Waals surface area contributed by atoms with Gasteiger partial charge in [0.2, 0.25) is 0 Å². The van der Waals surface area contributed by atoms with Crippen molar-refractivity contribution in [3.05, 3.63) is 21.9 Å². The summed E-state index contributed by atoms with van der Waals surface area (Å²) in [5.74, 6) is 0.215. The minimum atomic E-state index is 0.215. The molecule has 2 heterocycles. The van der Waals surface area contributed by atoms with Gasteiger partial charge in [-0.2, -0.15) is 0 Å². The summed E-state index contributed by atoms with van der Waals surface area (Å²) in [7, 11) is 1.95. The number of hydrogen-bond acceptors (Lipinski definition) is 3. The highest BCUT2D eigenvalue weighted by molar-refractivity contribution is 7.14. The van der Waals surface area contributed by atoms with Crippen molar-refractivity contribution in [2.24, 2.45) is 0 Å². The summed E-state index contributed by atoms with van der Waals surface area (Å²) in [5.41, 5.74) is 0. The van der Waals surface area contributed by atoms with Crippen molar-refractivity contribution in [3.63, 3.8) is 0 Å². The molecule has 0 aromatic carbocycles. The molecule has 1 fully saturated rings. The molecule has 94 valence electrons. The topological polar surface area (TPSA) is 32.3 Å². The Kier molecular flexibility index (Phi) is 4.18. The van der Waals surface area contributed by atoms with Gasteiger partial charge in [0.15, 0.2) is 0 Å². The van der Waals surface area contributed by atoms with E-state index in [1.165, 1.54) is 4.88 Å². The van der Waals surface area contributed by atoms with Gasteiger partial charge in [-0.05, 0) is 38.4 Å². The second-order valence-electron chi connectivity index (χ2n) is 4.47. The SMILES string of the molecule is CCc1ccc(C(=O)N2CCCC2CNC)s1. The quantitative estimate of drug-likeness (QED) is 0.890. The lowest BCUT2D eigenvalue weighted by Crippen LogP contribution is -2.40. The highest BCUT2D eigenvalue weighted by Crippen LogP contribution is 2.24. The molecule has 1 N–H and O–H groups in total. The third-order valence-corrected chi connectivity index (χ3v) is 4.52. The Morgan fingerprint density at radius 3 is 3.06 bits per heavy atom. The van der Waals surface area contributed by atoms with E-state index in [9.17, 15) is 4.79 Å². The number of hydrogen-bond donors (Lipinski definition) is 1. The molecule has 1 saturated heterocycles. The molecule has 0 radical (unpaired) electrons. The van der Waals surface area contributed by atoms with Crippen LogP contribution in [0.1, 0.15) is 34.3 Å². The Labute approximate surface area is 107 Å². The third kappa shape index (κ3) is 2.69. The molecule has 0 bridgehead atoms. The van der Waals surface area contributed by atoms with Crippen LogP contribution in [0.3, 0.4) is 0 Å². The van der Waals surface area contributed by atoms with E-state index in [2.05, 4.69) is 18.3 Å². The van der Waals surface area contributed by atoms with Crippen LogP contribution in [0.5, 0.6) is 0 Å². The van der Waals surface area contributed by atoms with Crippen LogP contribution in [0.2, 0.25) is 0 Å². The van der Waals surface area contributed by atoms with Gasteiger partial charge in [-0.25, -0.2) is 0 Å². The average molecular weight is 252 g/mol. The molecule has 0 spiro atoms. The van der Waals surface area contributed by atoms with E-state index in [0.717, 1.165) is 37.2 Å². The first kappa shape index (κ1) is 12.6. The summed E-state index contributed by atoms with van der Waals surface area (Å²) in [6, 6.07) is 4.42. The van der Waals surface area contributed by atoms with Gasteiger partial charge in [-0.3, -0.25) is 4.79 Å². The van der Waals surface area contributed by atoms with Gasteiger partial charge in [0.1, 0.15) is 0 Å². The van der Waals surface area contributed by atoms with E-state index < -0.39 is 0 Å². The summed E-state index contributed by atoms with van der Waals surface area (Å²) in [5, 5.41) is 3.17. The fourth-order valence-corrected chi connectivity index (χ4v) is 3.28. The first-order valence-electron chi connectivity index (χ1n) is 6.30. The molecular weight excluding hydrogens is 232 g/mol. The van der Waals surface area contributed by atoms with Crippen LogP contribution >= 0.6 is 11.3 Å². The van der Waals surface area contributed by atoms with E-state index in [1.807, 2.05) is 18.0 Å². The number of thiophene rings is 1. The Morgan fingerprint density at radius 2 is 2.41 bits per heavy atom. The molecule has 17 heavy (non-hydrogen) atoms. The van der Waals surface area contributed by atoms with E-state index in [4.69, 9.17) is 0 Å². The van der Waals surface area contributed by atoms with Gasteiger partial charge < -0.3 is 10.2 Å². The van der Waals surface area contributed by atoms with Crippen molar-refractivity contribution >= 4 is 17.2 Å². The van der Waals surface area contributed by atoms with Crippen LogP contribution in [-0.4, -0.2) is 37.0 Å². The lowest BCUT2D eigenvalue weighted by atomic mass is 10.2. The van der Waals surface area contributed by atoms with Crippen LogP contribution in [-0.2, 0) is 6.42 Å². The predicted octanol–water partition coefficient (Wildman–Crippen LogP) is 2.13. The standard InChI is InChI=1S/C13H20N2OS/c1-3-11-6-7-12(17-11)13(16)15-8-4-5-10(15)9-14-2/h6-7,10,14H,3-5,8-9H2,1-2H3. The Bertz CT molecular complexity index is 389. The van der Waals surface area contributed by atoms with Crippen LogP contribution in [0.25, 0.3) is 0 Å². The second-order valence-corrected chi connectivity index (χ2v) is 5.64. The Morgan fingerprint density at radius 1 is 1.59 bits per heavy atom. The number of carbonyl (C=O) groups excluding carboxylic acids is 1. The number of likely N-dealkylation sites (tertiary alicyclic amines) is 1. The zero-order chi connectivity index (χ0) is 12.3. The van der Waals surface area contributed by atoms with Crippen LogP contribution in [0.15, 0.2) is 12.1 Å². The first-order chi connectivity index (χ1) is 8.26. The van der Waals surface area contributed by atoms with Crippen LogP contribution < -0.4 is 5.32 Å². The molecule has 4 heteroatoms. The summed E-state index contributed by atoms with van der Waals surface area (Å²) in [4.78, 5) is 16.6. The predicted molar refractivity (Wildman–Crippen MR) is 71.7 cm³/mol. The first-order valence-corrected chi connectivity index (χ1v) is 7.12. The number of carbonyl (C=O) groups is 1. The average Bonchev–Trinajstić information content (AvgIpc) is 2.97. The maximum atomic E-state index is 12.4. The molecule has 1 aliphatic rings. The number of rotatable bonds is 4. The maximum absolute atomic E-state index is 12.4. The van der Waals surface area contributed by atoms with Gasteiger partial charge in [0.05, 0.1) is 4.88 Å². The molecule has 2 rings (SSSR count). The van der Waals surface area contributed by atoms with Gasteiger partial charge in [0.25, 0.3) is 5.91 Å². The van der Waals surface area contributed by atoms with Gasteiger partial charge in [-0.1, -0.05) is 6.92 Å². The fourth-order valence-electron chi connectivity index (χ4n) is 2.38. The molecule has 1 unspecified atom stereocenters. The monoisotopic (exact) mass is 252 g/mol. The fraction of sp³-hybridized carbons (Fsp3) is 0.615. The van der Waals surface area contributed by atoms with E-state index in [0.29, 0.717) is 6.04 Å². The molecule has 0 saturated carbocycles. The van der Waals surface area contributed by atoms with Crippen LogP contribution in [0.4, 0.5) is 0 Å². The minimum Gasteiger partial charge on any atom is -0.334 e. The number of likely N-dealkylation sites (N-methyl/N-ethyl adjacent to an activating group) is 1. The normalized spacial score (nSPS) is 19.9. The maximum Gasteiger partial charge on any atom is 0.264 e. The van der Waals surface area contributed by atoms with E-state index >= 15 is 0 Å². The zero-order valence-corrected chi connectivity index (χ0v) is 11.3. The van der Waals surface area contributed by atoms with Crippen molar-refractivity contribution in [2.45, 2.75) is 32.2 Å². The highest BCUT2D eigenvalue weighted by atomic mass is 32.1. The molecule has 1 amide bonds. The minimum absolute atomic E-state index is 0.215. The zero-order valence-electron chi connectivity index (χ0n) is 10.5. The van der Waals surface area contributed by atoms with E-state index in [1.54, 1.807) is 11.3 Å². The number of nitrogens with zero attached hydrogens (tertiary/aromatic N) is 1. The largest absolute Gasteiger partial charge is 0.334 e. The lowest BCUT2D eigenvalue weighted by molar-refractivity contribution is 0.0742.